The van der Waals surface area contributed by atoms with E-state index < -0.39 is 0 Å². The van der Waals surface area contributed by atoms with E-state index >= 15 is 0 Å². The van der Waals surface area contributed by atoms with Crippen LogP contribution in [0.5, 0.6) is 17.2 Å². The Kier molecular flexibility index (Phi) is 2.80. The fourth-order valence-electron chi connectivity index (χ4n) is 1.09. The summed E-state index contributed by atoms with van der Waals surface area (Å²) in [6, 6.07) is 3.10. The van der Waals surface area contributed by atoms with Gasteiger partial charge >= 0.3 is 0 Å². The van der Waals surface area contributed by atoms with Crippen molar-refractivity contribution in [2.75, 3.05) is 7.11 Å². The predicted octanol–water partition coefficient (Wildman–Crippen LogP) is 2.14. The molecule has 2 N–H and O–H groups in total. The molecule has 0 bridgehead atoms. The topological polar surface area (TPSA) is 49.7 Å². The molecular formula is C10H12O3. The molecule has 1 aromatic carbocycles. The van der Waals surface area contributed by atoms with Gasteiger partial charge in [0.15, 0.2) is 11.5 Å². The molecule has 1 rings (SSSR count). The Morgan fingerprint density at radius 2 is 2.00 bits per heavy atom. The molecule has 0 aromatic heterocycles. The van der Waals surface area contributed by atoms with E-state index in [-0.39, 0.29) is 17.2 Å². The number of allylic oxidation sites excluding steroid dienone is 1. The highest BCUT2D eigenvalue weighted by Crippen LogP contribution is 2.38. The first-order chi connectivity index (χ1) is 6.20. The first-order valence-electron chi connectivity index (χ1n) is 3.92. The van der Waals surface area contributed by atoms with E-state index in [0.717, 1.165) is 0 Å². The van der Waals surface area contributed by atoms with E-state index in [2.05, 4.69) is 0 Å². The zero-order valence-electron chi connectivity index (χ0n) is 7.61. The second-order valence-electron chi connectivity index (χ2n) is 2.56. The maximum atomic E-state index is 9.56. The van der Waals surface area contributed by atoms with E-state index in [1.165, 1.54) is 13.2 Å². The number of ether oxygens (including phenoxy) is 1. The number of hydrogen-bond acceptors (Lipinski definition) is 3. The third-order valence-electron chi connectivity index (χ3n) is 1.69. The van der Waals surface area contributed by atoms with Crippen molar-refractivity contribution >= 4 is 6.08 Å². The van der Waals surface area contributed by atoms with Gasteiger partial charge in [0.05, 0.1) is 7.11 Å². The molecule has 0 atom stereocenters. The third kappa shape index (κ3) is 1.75. The second-order valence-corrected chi connectivity index (χ2v) is 2.56. The molecule has 0 saturated heterocycles. The van der Waals surface area contributed by atoms with Crippen LogP contribution in [0.3, 0.4) is 0 Å². The molecule has 0 heterocycles. The average Bonchev–Trinajstić information content (AvgIpc) is 2.11. The van der Waals surface area contributed by atoms with Crippen LogP contribution in [0.1, 0.15) is 12.5 Å². The molecule has 0 radical (unpaired) electrons. The van der Waals surface area contributed by atoms with E-state index in [1.54, 1.807) is 18.2 Å². The molecule has 3 heteroatoms. The zero-order chi connectivity index (χ0) is 9.84. The highest BCUT2D eigenvalue weighted by molar-refractivity contribution is 5.65. The van der Waals surface area contributed by atoms with Crippen LogP contribution in [0.25, 0.3) is 6.08 Å². The van der Waals surface area contributed by atoms with Crippen LogP contribution < -0.4 is 4.74 Å². The molecule has 0 aliphatic carbocycles. The van der Waals surface area contributed by atoms with E-state index in [4.69, 9.17) is 4.74 Å². The van der Waals surface area contributed by atoms with Gasteiger partial charge in [-0.3, -0.25) is 0 Å². The minimum Gasteiger partial charge on any atom is -0.504 e. The molecule has 0 saturated carbocycles. The SMILES string of the molecule is C/C=C/c1ccc(O)c(OC)c1O. The van der Waals surface area contributed by atoms with Crippen molar-refractivity contribution in [1.82, 2.24) is 0 Å². The minimum absolute atomic E-state index is 0.0411. The van der Waals surface area contributed by atoms with Crippen LogP contribution in [0, 0.1) is 0 Å². The summed E-state index contributed by atoms with van der Waals surface area (Å²) in [5.74, 6) is 0.00412. The lowest BCUT2D eigenvalue weighted by molar-refractivity contribution is 0.344. The molecule has 13 heavy (non-hydrogen) atoms. The fraction of sp³-hybridized carbons (Fsp3) is 0.200. The summed E-state index contributed by atoms with van der Waals surface area (Å²) in [6.07, 6.45) is 3.53. The van der Waals surface area contributed by atoms with Crippen molar-refractivity contribution < 1.29 is 14.9 Å². The molecular weight excluding hydrogens is 168 g/mol. The van der Waals surface area contributed by atoms with Crippen molar-refractivity contribution in [3.63, 3.8) is 0 Å². The summed E-state index contributed by atoms with van der Waals surface area (Å²) < 4.78 is 4.83. The van der Waals surface area contributed by atoms with Gasteiger partial charge in [-0.2, -0.15) is 0 Å². The Hall–Kier alpha value is -1.64. The van der Waals surface area contributed by atoms with Gasteiger partial charge in [-0.1, -0.05) is 12.2 Å². The number of phenols is 2. The number of rotatable bonds is 2. The smallest absolute Gasteiger partial charge is 0.203 e. The van der Waals surface area contributed by atoms with Gasteiger partial charge < -0.3 is 14.9 Å². The van der Waals surface area contributed by atoms with Crippen molar-refractivity contribution in [3.8, 4) is 17.2 Å². The molecule has 3 nitrogen and oxygen atoms in total. The van der Waals surface area contributed by atoms with Gasteiger partial charge in [0, 0.05) is 5.56 Å². The van der Waals surface area contributed by atoms with Gasteiger partial charge in [-0.15, -0.1) is 0 Å². The lowest BCUT2D eigenvalue weighted by Gasteiger charge is -2.07. The lowest BCUT2D eigenvalue weighted by Crippen LogP contribution is -1.86. The Bertz CT molecular complexity index is 329. The number of aromatic hydroxyl groups is 2. The Labute approximate surface area is 76.9 Å². The van der Waals surface area contributed by atoms with Gasteiger partial charge in [0.25, 0.3) is 0 Å². The van der Waals surface area contributed by atoms with Crippen LogP contribution in [0.2, 0.25) is 0 Å². The van der Waals surface area contributed by atoms with Crippen LogP contribution >= 0.6 is 0 Å². The number of hydrogen-bond donors (Lipinski definition) is 2. The molecule has 0 spiro atoms. The van der Waals surface area contributed by atoms with Crippen molar-refractivity contribution in [1.29, 1.82) is 0 Å². The first kappa shape index (κ1) is 9.45. The van der Waals surface area contributed by atoms with E-state index in [9.17, 15) is 10.2 Å². The maximum absolute atomic E-state index is 9.56. The third-order valence-corrected chi connectivity index (χ3v) is 1.69. The van der Waals surface area contributed by atoms with Crippen molar-refractivity contribution in [2.45, 2.75) is 6.92 Å². The summed E-state index contributed by atoms with van der Waals surface area (Å²) in [5.41, 5.74) is 0.622. The Morgan fingerprint density at radius 3 is 2.54 bits per heavy atom. The van der Waals surface area contributed by atoms with Gasteiger partial charge in [0.1, 0.15) is 0 Å². The van der Waals surface area contributed by atoms with E-state index in [0.29, 0.717) is 5.56 Å². The van der Waals surface area contributed by atoms with E-state index in [1.807, 2.05) is 6.92 Å². The van der Waals surface area contributed by atoms with Gasteiger partial charge in [-0.25, -0.2) is 0 Å². The highest BCUT2D eigenvalue weighted by Gasteiger charge is 2.10. The summed E-state index contributed by atoms with van der Waals surface area (Å²) >= 11 is 0. The van der Waals surface area contributed by atoms with Crippen LogP contribution in [-0.2, 0) is 0 Å². The molecule has 0 amide bonds. The maximum Gasteiger partial charge on any atom is 0.203 e. The number of methoxy groups -OCH3 is 1. The largest absolute Gasteiger partial charge is 0.504 e. The Morgan fingerprint density at radius 1 is 1.31 bits per heavy atom. The minimum atomic E-state index is -0.0618. The second kappa shape index (κ2) is 3.85. The number of phenolic OH excluding ortho intramolecular Hbond substituents is 2. The predicted molar refractivity (Wildman–Crippen MR) is 51.0 cm³/mol. The van der Waals surface area contributed by atoms with Crippen molar-refractivity contribution in [2.24, 2.45) is 0 Å². The fourth-order valence-corrected chi connectivity index (χ4v) is 1.09. The zero-order valence-corrected chi connectivity index (χ0v) is 7.61. The molecule has 70 valence electrons. The summed E-state index contributed by atoms with van der Waals surface area (Å²) in [6.45, 7) is 1.85. The highest BCUT2D eigenvalue weighted by atomic mass is 16.5. The molecule has 0 aliphatic heterocycles. The van der Waals surface area contributed by atoms with Gasteiger partial charge in [-0.05, 0) is 19.1 Å². The Balaban J connectivity index is 3.27. The van der Waals surface area contributed by atoms with Crippen LogP contribution in [0.4, 0.5) is 0 Å². The molecule has 1 aromatic rings. The number of benzene rings is 1. The van der Waals surface area contributed by atoms with Crippen LogP contribution in [-0.4, -0.2) is 17.3 Å². The average molecular weight is 180 g/mol. The summed E-state index contributed by atoms with van der Waals surface area (Å²) in [5, 5.41) is 18.8. The van der Waals surface area contributed by atoms with Crippen molar-refractivity contribution in [3.05, 3.63) is 23.8 Å². The van der Waals surface area contributed by atoms with Crippen LogP contribution in [0.15, 0.2) is 18.2 Å². The molecule has 0 unspecified atom stereocenters. The first-order valence-corrected chi connectivity index (χ1v) is 3.92. The monoisotopic (exact) mass is 180 g/mol. The standard InChI is InChI=1S/C10H12O3/c1-3-4-7-5-6-8(11)10(13-2)9(7)12/h3-6,11-12H,1-2H3/b4-3+. The normalized spacial score (nSPS) is 10.6. The molecule has 0 aliphatic rings. The quantitative estimate of drug-likeness (QED) is 0.733. The summed E-state index contributed by atoms with van der Waals surface area (Å²) in [7, 11) is 1.40. The molecule has 0 fully saturated rings. The lowest BCUT2D eigenvalue weighted by atomic mass is 10.1. The van der Waals surface area contributed by atoms with Gasteiger partial charge in [0.2, 0.25) is 5.75 Å². The summed E-state index contributed by atoms with van der Waals surface area (Å²) in [4.78, 5) is 0.